The maximum atomic E-state index is 12.0. The van der Waals surface area contributed by atoms with Gasteiger partial charge < -0.3 is 0 Å². The number of benzene rings is 2. The highest BCUT2D eigenvalue weighted by Crippen LogP contribution is 2.26. The predicted octanol–water partition coefficient (Wildman–Crippen LogP) is 2.23. The molecule has 0 aliphatic heterocycles. The van der Waals surface area contributed by atoms with Crippen LogP contribution in [0.5, 0.6) is 0 Å². The van der Waals surface area contributed by atoms with E-state index in [0.29, 0.717) is 11.4 Å². The van der Waals surface area contributed by atoms with Crippen LogP contribution in [0.3, 0.4) is 0 Å². The van der Waals surface area contributed by atoms with Gasteiger partial charge in [0.2, 0.25) is 0 Å². The van der Waals surface area contributed by atoms with Crippen LogP contribution in [0.15, 0.2) is 60.7 Å². The molecule has 5 nitrogen and oxygen atoms in total. The Labute approximate surface area is 111 Å². The molecule has 0 spiro atoms. The number of rotatable bonds is 2. The molecule has 1 amide bonds. The summed E-state index contributed by atoms with van der Waals surface area (Å²) in [5.74, 6) is 0. The van der Waals surface area contributed by atoms with Gasteiger partial charge in [0.25, 0.3) is 10.0 Å². The van der Waals surface area contributed by atoms with E-state index < -0.39 is 15.3 Å². The number of hydrogen-bond donors (Lipinski definition) is 1. The molecule has 6 heteroatoms. The lowest BCUT2D eigenvalue weighted by Crippen LogP contribution is -2.35. The first kappa shape index (κ1) is 13.3. The lowest BCUT2D eigenvalue weighted by molar-refractivity contribution is 0.264. The number of anilines is 2. The number of nitrogens with zero attached hydrogens (tertiary/aromatic N) is 1. The molecule has 0 unspecified atom stereocenters. The minimum absolute atomic E-state index is 0.438. The Morgan fingerprint density at radius 3 is 1.53 bits per heavy atom. The second-order valence-electron chi connectivity index (χ2n) is 3.82. The number of para-hydroxylation sites is 2. The van der Waals surface area contributed by atoms with Crippen molar-refractivity contribution in [2.75, 3.05) is 4.90 Å². The highest BCUT2D eigenvalue weighted by molar-refractivity contribution is 8.04. The monoisotopic (exact) mass is 276 g/mol. The average molecular weight is 276 g/mol. The fourth-order valence-electron chi connectivity index (χ4n) is 1.64. The summed E-state index contributed by atoms with van der Waals surface area (Å²) >= 11 is 0. The molecule has 98 valence electrons. The molecule has 0 aromatic heterocycles. The van der Waals surface area contributed by atoms with Gasteiger partial charge in [-0.15, -0.1) is 0 Å². The van der Waals surface area contributed by atoms with Crippen LogP contribution in [-0.4, -0.2) is 13.7 Å². The zero-order chi connectivity index (χ0) is 13.9. The van der Waals surface area contributed by atoms with E-state index in [1.54, 1.807) is 60.7 Å². The van der Waals surface area contributed by atoms with Crippen molar-refractivity contribution in [2.45, 2.75) is 0 Å². The molecule has 0 saturated heterocycles. The number of hydrogen-bond acceptors (Lipinski definition) is 3. The van der Waals surface area contributed by atoms with E-state index in [9.17, 15) is 13.2 Å². The van der Waals surface area contributed by atoms with Gasteiger partial charge in [0.1, 0.15) is 0 Å². The first-order valence-corrected chi connectivity index (χ1v) is 7.02. The van der Waals surface area contributed by atoms with Crippen molar-refractivity contribution in [3.63, 3.8) is 0 Å². The SMILES string of the molecule is NS(=O)(=O)C(=O)N(c1ccccc1)c1ccccc1. The van der Waals surface area contributed by atoms with Gasteiger partial charge in [-0.25, -0.2) is 13.6 Å². The first-order chi connectivity index (χ1) is 9.00. The second kappa shape index (κ2) is 5.21. The van der Waals surface area contributed by atoms with E-state index >= 15 is 0 Å². The Hall–Kier alpha value is -2.18. The van der Waals surface area contributed by atoms with Gasteiger partial charge in [-0.3, -0.25) is 9.69 Å². The molecular formula is C13H12N2O3S. The zero-order valence-corrected chi connectivity index (χ0v) is 10.7. The van der Waals surface area contributed by atoms with Crippen LogP contribution >= 0.6 is 0 Å². The summed E-state index contributed by atoms with van der Waals surface area (Å²) in [6.45, 7) is 0. The van der Waals surface area contributed by atoms with E-state index in [4.69, 9.17) is 5.14 Å². The molecule has 0 radical (unpaired) electrons. The van der Waals surface area contributed by atoms with Gasteiger partial charge in [0, 0.05) is 11.4 Å². The van der Waals surface area contributed by atoms with Gasteiger partial charge in [-0.2, -0.15) is 0 Å². The summed E-state index contributed by atoms with van der Waals surface area (Å²) in [5.41, 5.74) is 0.875. The number of carbonyl (C=O) groups is 1. The Balaban J connectivity index is 2.56. The summed E-state index contributed by atoms with van der Waals surface area (Å²) in [4.78, 5) is 13.0. The van der Waals surface area contributed by atoms with Gasteiger partial charge in [-0.1, -0.05) is 36.4 Å². The summed E-state index contributed by atoms with van der Waals surface area (Å²) < 4.78 is 22.6. The molecule has 0 aliphatic carbocycles. The third-order valence-corrected chi connectivity index (χ3v) is 3.12. The average Bonchev–Trinajstić information content (AvgIpc) is 2.40. The Bertz CT molecular complexity index is 630. The standard InChI is InChI=1S/C13H12N2O3S/c14-19(17,18)13(16)15(11-7-3-1-4-8-11)12-9-5-2-6-10-12/h1-10H,(H2,14,17,18). The normalized spacial score (nSPS) is 11.0. The molecule has 0 atom stereocenters. The lowest BCUT2D eigenvalue weighted by Gasteiger charge is -2.21. The quantitative estimate of drug-likeness (QED) is 0.913. The van der Waals surface area contributed by atoms with E-state index in [2.05, 4.69) is 0 Å². The van der Waals surface area contributed by atoms with Gasteiger partial charge >= 0.3 is 5.24 Å². The van der Waals surface area contributed by atoms with Crippen LogP contribution in [0.4, 0.5) is 16.2 Å². The van der Waals surface area contributed by atoms with Crippen molar-refractivity contribution in [2.24, 2.45) is 5.14 Å². The van der Waals surface area contributed by atoms with E-state index in [-0.39, 0.29) is 0 Å². The third-order valence-electron chi connectivity index (χ3n) is 2.45. The topological polar surface area (TPSA) is 80.5 Å². The lowest BCUT2D eigenvalue weighted by atomic mass is 10.2. The van der Waals surface area contributed by atoms with E-state index in [1.165, 1.54) is 0 Å². The molecule has 0 fully saturated rings. The number of primary sulfonamides is 1. The second-order valence-corrected chi connectivity index (χ2v) is 5.26. The minimum atomic E-state index is -4.31. The van der Waals surface area contributed by atoms with Gasteiger partial charge in [0.05, 0.1) is 0 Å². The largest absolute Gasteiger partial charge is 0.362 e. The highest BCUT2D eigenvalue weighted by atomic mass is 32.2. The van der Waals surface area contributed by atoms with Crippen LogP contribution < -0.4 is 10.0 Å². The summed E-state index contributed by atoms with van der Waals surface area (Å²) in [6, 6.07) is 16.9. The molecule has 2 N–H and O–H groups in total. The van der Waals surface area contributed by atoms with Crippen LogP contribution in [0.1, 0.15) is 0 Å². The molecule has 2 aromatic rings. The molecular weight excluding hydrogens is 264 g/mol. The Morgan fingerprint density at radius 2 is 1.21 bits per heavy atom. The highest BCUT2D eigenvalue weighted by Gasteiger charge is 2.27. The molecule has 0 heterocycles. The van der Waals surface area contributed by atoms with Crippen molar-refractivity contribution in [3.05, 3.63) is 60.7 Å². The molecule has 0 aliphatic rings. The van der Waals surface area contributed by atoms with E-state index in [0.717, 1.165) is 4.90 Å². The number of amides is 1. The summed E-state index contributed by atoms with van der Waals surface area (Å²) in [5, 5.41) is 3.77. The number of sulfonamides is 1. The predicted molar refractivity (Wildman–Crippen MR) is 73.5 cm³/mol. The van der Waals surface area contributed by atoms with E-state index in [1.807, 2.05) is 0 Å². The molecule has 2 aromatic carbocycles. The van der Waals surface area contributed by atoms with Crippen molar-refractivity contribution >= 4 is 26.6 Å². The summed E-state index contributed by atoms with van der Waals surface area (Å²) in [7, 11) is -4.31. The van der Waals surface area contributed by atoms with Crippen molar-refractivity contribution in [1.82, 2.24) is 0 Å². The number of nitrogens with two attached hydrogens (primary N) is 1. The number of carbonyl (C=O) groups excluding carboxylic acids is 1. The fourth-order valence-corrected chi connectivity index (χ4v) is 2.11. The van der Waals surface area contributed by atoms with Crippen LogP contribution in [0, 0.1) is 0 Å². The molecule has 2 rings (SSSR count). The van der Waals surface area contributed by atoms with Gasteiger partial charge in [0.15, 0.2) is 0 Å². The van der Waals surface area contributed by atoms with Crippen molar-refractivity contribution in [1.29, 1.82) is 0 Å². The van der Waals surface area contributed by atoms with Crippen molar-refractivity contribution < 1.29 is 13.2 Å². The molecule has 0 bridgehead atoms. The molecule has 0 saturated carbocycles. The van der Waals surface area contributed by atoms with Crippen LogP contribution in [-0.2, 0) is 10.0 Å². The fraction of sp³-hybridized carbons (Fsp3) is 0. The molecule has 19 heavy (non-hydrogen) atoms. The van der Waals surface area contributed by atoms with Crippen LogP contribution in [0.2, 0.25) is 0 Å². The van der Waals surface area contributed by atoms with Gasteiger partial charge in [-0.05, 0) is 24.3 Å². The maximum Gasteiger partial charge on any atom is 0.362 e. The zero-order valence-electron chi connectivity index (χ0n) is 9.93. The Kier molecular flexibility index (Phi) is 3.64. The minimum Gasteiger partial charge on any atom is -0.267 e. The Morgan fingerprint density at radius 1 is 0.842 bits per heavy atom. The summed E-state index contributed by atoms with van der Waals surface area (Å²) in [6.07, 6.45) is 0. The maximum absolute atomic E-state index is 12.0. The van der Waals surface area contributed by atoms with Crippen LogP contribution in [0.25, 0.3) is 0 Å². The van der Waals surface area contributed by atoms with Crippen molar-refractivity contribution in [3.8, 4) is 0 Å². The first-order valence-electron chi connectivity index (χ1n) is 5.47. The third kappa shape index (κ3) is 2.98. The smallest absolute Gasteiger partial charge is 0.267 e.